The molecule has 3 amide bonds. The van der Waals surface area contributed by atoms with Crippen molar-refractivity contribution in [2.75, 3.05) is 5.32 Å². The molecule has 11 heteroatoms. The van der Waals surface area contributed by atoms with Crippen LogP contribution in [0.25, 0.3) is 16.0 Å². The largest absolute Gasteiger partial charge is 0.444 e. The molecule has 0 radical (unpaired) electrons. The molecule has 1 aliphatic carbocycles. The molecule has 1 heterocycles. The summed E-state index contributed by atoms with van der Waals surface area (Å²) in [5, 5.41) is 9.61. The van der Waals surface area contributed by atoms with Crippen molar-refractivity contribution in [2.24, 2.45) is 4.36 Å². The van der Waals surface area contributed by atoms with Crippen molar-refractivity contribution in [3.05, 3.63) is 71.4 Å². The molecule has 3 aromatic rings. The third-order valence-corrected chi connectivity index (χ3v) is 8.83. The van der Waals surface area contributed by atoms with E-state index in [-0.39, 0.29) is 12.1 Å². The summed E-state index contributed by atoms with van der Waals surface area (Å²) in [5.74, 6) is 0. The quantitative estimate of drug-likeness (QED) is 0.212. The maximum atomic E-state index is 12.6. The summed E-state index contributed by atoms with van der Waals surface area (Å²) in [5.41, 5.74) is 2.52. The lowest BCUT2D eigenvalue weighted by Gasteiger charge is -2.25. The van der Waals surface area contributed by atoms with E-state index < -0.39 is 28.2 Å². The molecular weight excluding hydrogens is 583 g/mol. The standard InChI is InChI=1S/C32H41N5O4S2/c1-31(2,3)37-43(40)27-18-24(35-29(38)34-19-21-10-8-7-9-11-21)16-17-25(27)26-20-33-28(42-26)22-12-14-23(15-13-22)36-30(39)41-32(4,5)6/h7-12,16-18,20,23H,13-15,19H2,1-6H3,(H,36,39)(H,37,40)(H2,34,35,38). The number of nitrogens with one attached hydrogen (secondary N) is 3. The van der Waals surface area contributed by atoms with Crippen molar-refractivity contribution >= 4 is 45.7 Å². The first-order valence-corrected chi connectivity index (χ1v) is 16.3. The Balaban J connectivity index is 1.50. The number of alkyl carbamates (subject to hydrolysis) is 1. The Kier molecular flexibility index (Phi) is 10.4. The van der Waals surface area contributed by atoms with Gasteiger partial charge in [0.15, 0.2) is 0 Å². The molecule has 0 fully saturated rings. The van der Waals surface area contributed by atoms with Crippen LogP contribution < -0.4 is 16.0 Å². The van der Waals surface area contributed by atoms with Gasteiger partial charge < -0.3 is 25.2 Å². The van der Waals surface area contributed by atoms with Crippen LogP contribution in [0.2, 0.25) is 0 Å². The minimum atomic E-state index is -1.42. The molecule has 1 aromatic heterocycles. The highest BCUT2D eigenvalue weighted by Crippen LogP contribution is 2.37. The highest BCUT2D eigenvalue weighted by atomic mass is 32.2. The Bertz CT molecular complexity index is 1500. The Morgan fingerprint density at radius 1 is 1.12 bits per heavy atom. The number of urea groups is 1. The number of thiazole rings is 1. The number of anilines is 1. The van der Waals surface area contributed by atoms with E-state index in [0.717, 1.165) is 39.4 Å². The highest BCUT2D eigenvalue weighted by Gasteiger charge is 2.23. The average molecular weight is 624 g/mol. The number of aromatic nitrogens is 1. The molecule has 2 atom stereocenters. The van der Waals surface area contributed by atoms with E-state index in [2.05, 4.69) is 26.4 Å². The summed E-state index contributed by atoms with van der Waals surface area (Å²) in [7, 11) is -1.42. The van der Waals surface area contributed by atoms with Gasteiger partial charge in [-0.3, -0.25) is 0 Å². The zero-order valence-corrected chi connectivity index (χ0v) is 27.2. The normalized spacial score (nSPS) is 16.3. The van der Waals surface area contributed by atoms with Crippen LogP contribution in [0.3, 0.4) is 0 Å². The van der Waals surface area contributed by atoms with Gasteiger partial charge in [-0.25, -0.2) is 18.9 Å². The van der Waals surface area contributed by atoms with E-state index in [1.807, 2.05) is 90.2 Å². The Labute approximate surface area is 260 Å². The zero-order chi connectivity index (χ0) is 31.2. The van der Waals surface area contributed by atoms with Crippen LogP contribution in [0.4, 0.5) is 15.3 Å². The van der Waals surface area contributed by atoms with Gasteiger partial charge in [-0.05, 0) is 84.1 Å². The third kappa shape index (κ3) is 10.0. The molecule has 9 nitrogen and oxygen atoms in total. The van der Waals surface area contributed by atoms with Crippen LogP contribution in [0.1, 0.15) is 71.4 Å². The van der Waals surface area contributed by atoms with Gasteiger partial charge in [-0.15, -0.1) is 11.3 Å². The van der Waals surface area contributed by atoms with Gasteiger partial charge in [-0.1, -0.05) is 42.5 Å². The van der Waals surface area contributed by atoms with Crippen LogP contribution in [-0.2, 0) is 22.3 Å². The second-order valence-corrected chi connectivity index (χ2v) is 14.6. The maximum absolute atomic E-state index is 12.6. The summed E-state index contributed by atoms with van der Waals surface area (Å²) >= 11 is 1.55. The molecule has 43 heavy (non-hydrogen) atoms. The van der Waals surface area contributed by atoms with E-state index in [4.69, 9.17) is 9.72 Å². The maximum Gasteiger partial charge on any atom is 0.407 e. The van der Waals surface area contributed by atoms with Crippen LogP contribution in [0, 0.1) is 0 Å². The summed E-state index contributed by atoms with van der Waals surface area (Å²) in [6.45, 7) is 11.8. The number of hydrogen-bond donors (Lipinski definition) is 4. The number of rotatable bonds is 7. The van der Waals surface area contributed by atoms with Crippen LogP contribution in [0.15, 0.2) is 70.1 Å². The van der Waals surface area contributed by atoms with E-state index in [1.165, 1.54) is 0 Å². The number of amides is 3. The van der Waals surface area contributed by atoms with Gasteiger partial charge in [0.1, 0.15) is 10.6 Å². The first-order valence-electron chi connectivity index (χ1n) is 14.3. The number of carbonyl (C=O) groups excluding carboxylic acids is 2. The van der Waals surface area contributed by atoms with Gasteiger partial charge in [-0.2, -0.15) is 0 Å². The molecule has 0 bridgehead atoms. The van der Waals surface area contributed by atoms with Crippen LogP contribution in [0.5, 0.6) is 0 Å². The molecular formula is C32H41N5O4S2. The second kappa shape index (κ2) is 13.8. The molecule has 0 aliphatic heterocycles. The Morgan fingerprint density at radius 3 is 2.51 bits per heavy atom. The van der Waals surface area contributed by atoms with E-state index in [0.29, 0.717) is 23.5 Å². The molecule has 0 saturated heterocycles. The summed E-state index contributed by atoms with van der Waals surface area (Å²) in [4.78, 5) is 31.0. The van der Waals surface area contributed by atoms with E-state index >= 15 is 0 Å². The van der Waals surface area contributed by atoms with Crippen LogP contribution in [-0.4, -0.2) is 38.8 Å². The molecule has 4 N–H and O–H groups in total. The first kappa shape index (κ1) is 32.4. The number of nitrogens with zero attached hydrogens (tertiary/aromatic N) is 2. The van der Waals surface area contributed by atoms with Crippen molar-refractivity contribution < 1.29 is 18.9 Å². The fraction of sp³-hybridized carbons (Fsp3) is 0.406. The zero-order valence-electron chi connectivity index (χ0n) is 25.6. The molecule has 230 valence electrons. The molecule has 0 saturated carbocycles. The fourth-order valence-electron chi connectivity index (χ4n) is 4.40. The van der Waals surface area contributed by atoms with Crippen molar-refractivity contribution in [2.45, 2.75) is 89.4 Å². The smallest absolute Gasteiger partial charge is 0.407 e. The highest BCUT2D eigenvalue weighted by molar-refractivity contribution is 7.81. The number of hydrogen-bond acceptors (Lipinski definition) is 6. The predicted molar refractivity (Wildman–Crippen MR) is 175 cm³/mol. The first-order chi connectivity index (χ1) is 20.3. The third-order valence-electron chi connectivity index (χ3n) is 6.27. The lowest BCUT2D eigenvalue weighted by atomic mass is 9.95. The molecule has 4 rings (SSSR count). The van der Waals surface area contributed by atoms with Crippen LogP contribution >= 0.6 is 11.3 Å². The Hall–Kier alpha value is -3.54. The molecule has 0 spiro atoms. The van der Waals surface area contributed by atoms with Crippen molar-refractivity contribution in [3.63, 3.8) is 0 Å². The number of allylic oxidation sites excluding steroid dienone is 1. The van der Waals surface area contributed by atoms with Gasteiger partial charge in [0.2, 0.25) is 0 Å². The monoisotopic (exact) mass is 623 g/mol. The topological polar surface area (TPSA) is 125 Å². The fourth-order valence-corrected chi connectivity index (χ4v) is 6.71. The van der Waals surface area contributed by atoms with Gasteiger partial charge in [0, 0.05) is 30.0 Å². The van der Waals surface area contributed by atoms with E-state index in [1.54, 1.807) is 17.4 Å². The van der Waals surface area contributed by atoms with Gasteiger partial charge in [0.05, 0.1) is 26.3 Å². The summed E-state index contributed by atoms with van der Waals surface area (Å²) in [6.07, 6.45) is 5.82. The average Bonchev–Trinajstić information content (AvgIpc) is 3.41. The molecule has 2 aromatic carbocycles. The minimum Gasteiger partial charge on any atom is -0.444 e. The lowest BCUT2D eigenvalue weighted by Crippen LogP contribution is -2.39. The summed E-state index contributed by atoms with van der Waals surface area (Å²) < 4.78 is 21.2. The van der Waals surface area contributed by atoms with Gasteiger partial charge >= 0.3 is 12.1 Å². The lowest BCUT2D eigenvalue weighted by molar-refractivity contribution is 0.0502. The minimum absolute atomic E-state index is 0.0185. The number of ether oxygens (including phenoxy) is 1. The SMILES string of the molecule is CC(C)(C)N=S(O)c1cc(NC(=O)NCc2ccccc2)ccc1-c1cnc(C2=CCC(NC(=O)OC(C)(C)C)CC2)s1. The van der Waals surface area contributed by atoms with Crippen molar-refractivity contribution in [1.29, 1.82) is 0 Å². The number of benzene rings is 2. The molecule has 1 aliphatic rings. The van der Waals surface area contributed by atoms with Gasteiger partial charge in [0.25, 0.3) is 0 Å². The number of carbonyl (C=O) groups is 2. The van der Waals surface area contributed by atoms with Crippen molar-refractivity contribution in [1.82, 2.24) is 15.6 Å². The summed E-state index contributed by atoms with van der Waals surface area (Å²) in [6, 6.07) is 14.9. The van der Waals surface area contributed by atoms with E-state index in [9.17, 15) is 14.1 Å². The Morgan fingerprint density at radius 2 is 1.86 bits per heavy atom. The second-order valence-electron chi connectivity index (χ2n) is 12.4. The molecule has 2 unspecified atom stereocenters. The van der Waals surface area contributed by atoms with Crippen molar-refractivity contribution in [3.8, 4) is 10.4 Å². The predicted octanol–water partition coefficient (Wildman–Crippen LogP) is 8.02.